The minimum Gasteiger partial charge on any atom is -0.396 e. The van der Waals surface area contributed by atoms with Gasteiger partial charge in [0.2, 0.25) is 0 Å². The molecule has 160 valence electrons. The Balaban J connectivity index is 1.65. The van der Waals surface area contributed by atoms with Crippen molar-refractivity contribution in [2.45, 2.75) is 96.5 Å². The number of aliphatic hydroxyl groups is 2. The third-order valence-electron chi connectivity index (χ3n) is 9.78. The molecule has 3 nitrogen and oxygen atoms in total. The van der Waals surface area contributed by atoms with E-state index in [1.54, 1.807) is 5.57 Å². The van der Waals surface area contributed by atoms with Crippen molar-refractivity contribution in [1.29, 1.82) is 0 Å². The number of aliphatic hydroxyl groups excluding tert-OH is 2. The van der Waals surface area contributed by atoms with Gasteiger partial charge in [0, 0.05) is 18.4 Å². The molecule has 0 spiro atoms. The number of carbonyl (C=O) groups excluding carboxylic acids is 1. The summed E-state index contributed by atoms with van der Waals surface area (Å²) in [4.78, 5) is 12.1. The summed E-state index contributed by atoms with van der Waals surface area (Å²) >= 11 is 0. The molecule has 29 heavy (non-hydrogen) atoms. The highest BCUT2D eigenvalue weighted by Gasteiger charge is 2.59. The number of carbonyl (C=O) groups is 1. The predicted molar refractivity (Wildman–Crippen MR) is 114 cm³/mol. The lowest BCUT2D eigenvalue weighted by Crippen LogP contribution is -2.49. The summed E-state index contributed by atoms with van der Waals surface area (Å²) in [5.74, 6) is 2.17. The number of allylic oxidation sites excluding steroid dienone is 4. The average Bonchev–Trinajstić information content (AvgIpc) is 3.28. The molecule has 3 saturated carbocycles. The van der Waals surface area contributed by atoms with Gasteiger partial charge in [-0.2, -0.15) is 0 Å². The largest absolute Gasteiger partial charge is 0.396 e. The second-order valence-corrected chi connectivity index (χ2v) is 11.1. The smallest absolute Gasteiger partial charge is 0.156 e. The van der Waals surface area contributed by atoms with Crippen LogP contribution < -0.4 is 0 Å². The second kappa shape index (κ2) is 7.34. The molecule has 0 aromatic carbocycles. The maximum absolute atomic E-state index is 12.1. The Labute approximate surface area is 175 Å². The van der Waals surface area contributed by atoms with Gasteiger partial charge in [0.15, 0.2) is 5.78 Å². The highest BCUT2D eigenvalue weighted by atomic mass is 16.3. The van der Waals surface area contributed by atoms with Crippen LogP contribution in [0.4, 0.5) is 0 Å². The molecule has 0 bridgehead atoms. The van der Waals surface area contributed by atoms with Crippen molar-refractivity contribution in [2.75, 3.05) is 6.61 Å². The van der Waals surface area contributed by atoms with Crippen LogP contribution in [0, 0.1) is 28.6 Å². The van der Waals surface area contributed by atoms with Crippen molar-refractivity contribution < 1.29 is 15.0 Å². The van der Waals surface area contributed by atoms with Crippen molar-refractivity contribution in [3.8, 4) is 0 Å². The standard InChI is InChI=1S/C26H38O3/c1-25-11-2-5-21(25)20-9-7-17-15-18(28)8-10-19(17)24(20)22(16-25)26(13-4-14-27)12-3-6-23(26)29/h15,20-23,27,29H,2-14,16H2,1H3/t20-,21-,22-,23?,25-,26?/m0/s1. The summed E-state index contributed by atoms with van der Waals surface area (Å²) in [5, 5.41) is 20.9. The summed E-state index contributed by atoms with van der Waals surface area (Å²) < 4.78 is 0. The molecule has 0 radical (unpaired) electrons. The molecule has 6 atom stereocenters. The van der Waals surface area contributed by atoms with Crippen molar-refractivity contribution in [1.82, 2.24) is 0 Å². The van der Waals surface area contributed by atoms with Crippen LogP contribution in [-0.4, -0.2) is 28.7 Å². The van der Waals surface area contributed by atoms with Crippen LogP contribution in [0.15, 0.2) is 22.8 Å². The maximum atomic E-state index is 12.1. The van der Waals surface area contributed by atoms with E-state index in [1.807, 2.05) is 6.08 Å². The SMILES string of the molecule is C[C@@]12CCC[C@H]1[C@@H]1CCC3=CC(=O)CCC3=C1[C@@H](C1(CCCO)CCCC1O)C2. The van der Waals surface area contributed by atoms with Crippen LogP contribution in [0.2, 0.25) is 0 Å². The maximum Gasteiger partial charge on any atom is 0.156 e. The van der Waals surface area contributed by atoms with Crippen molar-refractivity contribution in [3.05, 3.63) is 22.8 Å². The Morgan fingerprint density at radius 2 is 1.93 bits per heavy atom. The normalized spacial score (nSPS) is 44.4. The van der Waals surface area contributed by atoms with Crippen molar-refractivity contribution in [3.63, 3.8) is 0 Å². The quantitative estimate of drug-likeness (QED) is 0.692. The van der Waals surface area contributed by atoms with Crippen LogP contribution in [0.3, 0.4) is 0 Å². The molecule has 0 saturated heterocycles. The molecule has 0 aromatic rings. The van der Waals surface area contributed by atoms with E-state index < -0.39 is 0 Å². The van der Waals surface area contributed by atoms with Gasteiger partial charge in [0.1, 0.15) is 0 Å². The molecule has 0 aromatic heterocycles. The van der Waals surface area contributed by atoms with E-state index >= 15 is 0 Å². The molecule has 2 N–H and O–H groups in total. The Bertz CT molecular complexity index is 749. The van der Waals surface area contributed by atoms with Gasteiger partial charge >= 0.3 is 0 Å². The van der Waals surface area contributed by atoms with E-state index in [2.05, 4.69) is 6.92 Å². The molecule has 0 aliphatic heterocycles. The summed E-state index contributed by atoms with van der Waals surface area (Å²) in [6, 6.07) is 0. The first-order chi connectivity index (χ1) is 14.0. The van der Waals surface area contributed by atoms with E-state index in [1.165, 1.54) is 43.3 Å². The number of ketones is 1. The number of hydrogen-bond acceptors (Lipinski definition) is 3. The molecule has 0 amide bonds. The molecule has 3 heteroatoms. The summed E-state index contributed by atoms with van der Waals surface area (Å²) in [6.45, 7) is 2.76. The fourth-order valence-corrected chi connectivity index (χ4v) is 8.54. The zero-order valence-corrected chi connectivity index (χ0v) is 18.1. The van der Waals surface area contributed by atoms with E-state index in [-0.39, 0.29) is 18.1 Å². The van der Waals surface area contributed by atoms with Gasteiger partial charge in [0.05, 0.1) is 6.10 Å². The number of hydrogen-bond donors (Lipinski definition) is 2. The molecule has 5 rings (SSSR count). The van der Waals surface area contributed by atoms with Gasteiger partial charge in [0.25, 0.3) is 0 Å². The first-order valence-corrected chi connectivity index (χ1v) is 12.2. The minimum atomic E-state index is -0.242. The highest BCUT2D eigenvalue weighted by Crippen LogP contribution is 2.67. The molecule has 2 unspecified atom stereocenters. The Hall–Kier alpha value is -0.930. The minimum absolute atomic E-state index is 0.0657. The van der Waals surface area contributed by atoms with Crippen LogP contribution in [-0.2, 0) is 4.79 Å². The van der Waals surface area contributed by atoms with E-state index in [0.29, 0.717) is 29.5 Å². The van der Waals surface area contributed by atoms with Gasteiger partial charge < -0.3 is 10.2 Å². The first-order valence-electron chi connectivity index (χ1n) is 12.2. The van der Waals surface area contributed by atoms with Gasteiger partial charge in [-0.05, 0) is 105 Å². The molecule has 0 heterocycles. The molecular weight excluding hydrogens is 360 g/mol. The fourth-order valence-electron chi connectivity index (χ4n) is 8.54. The molecule has 5 aliphatic rings. The zero-order chi connectivity index (χ0) is 20.2. The third-order valence-corrected chi connectivity index (χ3v) is 9.78. The lowest BCUT2D eigenvalue weighted by Gasteiger charge is -2.56. The van der Waals surface area contributed by atoms with Gasteiger partial charge in [-0.15, -0.1) is 0 Å². The van der Waals surface area contributed by atoms with Gasteiger partial charge in [-0.25, -0.2) is 0 Å². The second-order valence-electron chi connectivity index (χ2n) is 11.1. The summed E-state index contributed by atoms with van der Waals surface area (Å²) in [7, 11) is 0. The fraction of sp³-hybridized carbons (Fsp3) is 0.808. The number of rotatable bonds is 4. The average molecular weight is 399 g/mol. The summed E-state index contributed by atoms with van der Waals surface area (Å²) in [6.07, 6.45) is 15.7. The Morgan fingerprint density at radius 1 is 1.10 bits per heavy atom. The summed E-state index contributed by atoms with van der Waals surface area (Å²) in [5.41, 5.74) is 4.84. The lowest BCUT2D eigenvalue weighted by molar-refractivity contribution is -0.114. The van der Waals surface area contributed by atoms with E-state index in [0.717, 1.165) is 50.9 Å². The molecule has 3 fully saturated rings. The van der Waals surface area contributed by atoms with Crippen LogP contribution >= 0.6 is 0 Å². The Kier molecular flexibility index (Phi) is 5.06. The van der Waals surface area contributed by atoms with Crippen molar-refractivity contribution >= 4 is 5.78 Å². The third kappa shape index (κ3) is 3.02. The molecular formula is C26H38O3. The number of fused-ring (bicyclic) bond motifs is 4. The van der Waals surface area contributed by atoms with E-state index in [9.17, 15) is 15.0 Å². The lowest BCUT2D eigenvalue weighted by atomic mass is 9.48. The monoisotopic (exact) mass is 398 g/mol. The van der Waals surface area contributed by atoms with E-state index in [4.69, 9.17) is 0 Å². The van der Waals surface area contributed by atoms with Gasteiger partial charge in [-0.3, -0.25) is 4.79 Å². The van der Waals surface area contributed by atoms with Crippen LogP contribution in [0.5, 0.6) is 0 Å². The first kappa shape index (κ1) is 20.0. The van der Waals surface area contributed by atoms with Crippen LogP contribution in [0.25, 0.3) is 0 Å². The van der Waals surface area contributed by atoms with Gasteiger partial charge in [-0.1, -0.05) is 25.3 Å². The zero-order valence-electron chi connectivity index (χ0n) is 18.1. The Morgan fingerprint density at radius 3 is 2.69 bits per heavy atom. The predicted octanol–water partition coefficient (Wildman–Crippen LogP) is 5.11. The molecule has 5 aliphatic carbocycles. The van der Waals surface area contributed by atoms with Crippen molar-refractivity contribution in [2.24, 2.45) is 28.6 Å². The topological polar surface area (TPSA) is 57.5 Å². The van der Waals surface area contributed by atoms with Crippen LogP contribution in [0.1, 0.15) is 90.4 Å². The highest BCUT2D eigenvalue weighted by molar-refractivity contribution is 5.93.